The van der Waals surface area contributed by atoms with Crippen LogP contribution >= 0.6 is 11.6 Å². The van der Waals surface area contributed by atoms with E-state index in [-0.39, 0.29) is 42.4 Å². The number of fused-ring (bicyclic) bond motifs is 3. The fraction of sp³-hybridized carbons (Fsp3) is 0.208. The highest BCUT2D eigenvalue weighted by Crippen LogP contribution is 2.27. The van der Waals surface area contributed by atoms with Gasteiger partial charge in [0, 0.05) is 11.4 Å². The lowest BCUT2D eigenvalue weighted by Crippen LogP contribution is -2.40. The number of furan rings is 1. The molecule has 172 valence electrons. The van der Waals surface area contributed by atoms with Crippen LogP contribution in [0.15, 0.2) is 68.5 Å². The van der Waals surface area contributed by atoms with E-state index in [2.05, 4.69) is 15.2 Å². The summed E-state index contributed by atoms with van der Waals surface area (Å²) in [4.78, 5) is 32.0. The average molecular weight is 478 g/mol. The molecule has 0 aliphatic heterocycles. The first-order chi connectivity index (χ1) is 16.4. The van der Waals surface area contributed by atoms with Gasteiger partial charge >= 0.3 is 0 Å². The first-order valence-electron chi connectivity index (χ1n) is 10.7. The number of benzene rings is 2. The van der Waals surface area contributed by atoms with Gasteiger partial charge in [0.15, 0.2) is 0 Å². The molecule has 0 atom stereocenters. The summed E-state index contributed by atoms with van der Waals surface area (Å²) >= 11 is 6.21. The second-order valence-electron chi connectivity index (χ2n) is 8.05. The molecule has 0 spiro atoms. The Morgan fingerprint density at radius 2 is 1.85 bits per heavy atom. The van der Waals surface area contributed by atoms with Crippen molar-refractivity contribution in [1.82, 2.24) is 24.6 Å². The predicted molar refractivity (Wildman–Crippen MR) is 126 cm³/mol. The van der Waals surface area contributed by atoms with Gasteiger partial charge in [-0.1, -0.05) is 35.9 Å². The van der Waals surface area contributed by atoms with Crippen molar-refractivity contribution in [2.24, 2.45) is 0 Å². The molecule has 0 aliphatic rings. The van der Waals surface area contributed by atoms with Crippen LogP contribution in [-0.4, -0.2) is 36.6 Å². The molecule has 0 fully saturated rings. The van der Waals surface area contributed by atoms with E-state index < -0.39 is 5.56 Å². The minimum atomic E-state index is -0.419. The van der Waals surface area contributed by atoms with Crippen molar-refractivity contribution in [3.63, 3.8) is 0 Å². The van der Waals surface area contributed by atoms with Gasteiger partial charge in [-0.3, -0.25) is 14.2 Å². The lowest BCUT2D eigenvalue weighted by atomic mass is 10.2. The van der Waals surface area contributed by atoms with E-state index in [0.29, 0.717) is 21.7 Å². The molecule has 2 aromatic carbocycles. The second-order valence-corrected chi connectivity index (χ2v) is 8.46. The van der Waals surface area contributed by atoms with Crippen LogP contribution in [0.25, 0.3) is 33.5 Å². The Morgan fingerprint density at radius 3 is 2.65 bits per heavy atom. The number of aromatic nitrogens is 4. The number of para-hydroxylation sites is 1. The fourth-order valence-electron chi connectivity index (χ4n) is 3.73. The Hall–Kier alpha value is -3.98. The summed E-state index contributed by atoms with van der Waals surface area (Å²) in [6.07, 6.45) is 1.37. The average Bonchev–Trinajstić information content (AvgIpc) is 3.44. The van der Waals surface area contributed by atoms with E-state index in [9.17, 15) is 9.59 Å². The molecule has 0 saturated carbocycles. The maximum atomic E-state index is 13.1. The normalized spacial score (nSPS) is 11.5. The third-order valence-corrected chi connectivity index (χ3v) is 5.81. The van der Waals surface area contributed by atoms with E-state index in [0.717, 1.165) is 5.39 Å². The van der Waals surface area contributed by atoms with Crippen LogP contribution in [0.5, 0.6) is 0 Å². The van der Waals surface area contributed by atoms with Crippen LogP contribution in [0.3, 0.4) is 0 Å². The van der Waals surface area contributed by atoms with E-state index in [1.54, 1.807) is 23.1 Å². The summed E-state index contributed by atoms with van der Waals surface area (Å²) < 4.78 is 12.7. The van der Waals surface area contributed by atoms with E-state index in [1.165, 1.54) is 10.9 Å². The molecule has 0 bridgehead atoms. The minimum Gasteiger partial charge on any atom is -0.448 e. The summed E-state index contributed by atoms with van der Waals surface area (Å²) in [5, 5.41) is 9.36. The molecule has 3 heterocycles. The summed E-state index contributed by atoms with van der Waals surface area (Å²) in [6, 6.07) is 14.2. The number of halogens is 1. The zero-order chi connectivity index (χ0) is 23.8. The molecule has 34 heavy (non-hydrogen) atoms. The SMILES string of the molecule is CC(C)N(Cc1nnc(-c2ccccc2Cl)o1)C(=O)Cn1cnc2c(oc3ccccc32)c1=O. The van der Waals surface area contributed by atoms with Gasteiger partial charge in [-0.05, 0) is 38.1 Å². The molecule has 5 aromatic rings. The van der Waals surface area contributed by atoms with Gasteiger partial charge in [-0.25, -0.2) is 4.98 Å². The summed E-state index contributed by atoms with van der Waals surface area (Å²) in [5.74, 6) is 0.231. The Kier molecular flexibility index (Phi) is 5.62. The van der Waals surface area contributed by atoms with Gasteiger partial charge in [-0.2, -0.15) is 0 Å². The van der Waals surface area contributed by atoms with Crippen LogP contribution in [0.4, 0.5) is 0 Å². The highest BCUT2D eigenvalue weighted by Gasteiger charge is 2.23. The van der Waals surface area contributed by atoms with Crippen LogP contribution in [0.2, 0.25) is 5.02 Å². The number of carbonyl (C=O) groups is 1. The molecule has 10 heteroatoms. The summed E-state index contributed by atoms with van der Waals surface area (Å²) in [7, 11) is 0. The number of amides is 1. The zero-order valence-corrected chi connectivity index (χ0v) is 19.2. The van der Waals surface area contributed by atoms with Crippen molar-refractivity contribution in [3.05, 3.63) is 76.1 Å². The third-order valence-electron chi connectivity index (χ3n) is 5.48. The van der Waals surface area contributed by atoms with Crippen LogP contribution in [0, 0.1) is 0 Å². The van der Waals surface area contributed by atoms with Crippen molar-refractivity contribution in [3.8, 4) is 11.5 Å². The fourth-order valence-corrected chi connectivity index (χ4v) is 3.95. The Balaban J connectivity index is 1.39. The molecule has 0 N–H and O–H groups in total. The second kappa shape index (κ2) is 8.75. The molecule has 0 unspecified atom stereocenters. The standard InChI is InChI=1S/C24H20ClN5O4/c1-14(2)30(11-19-27-28-23(34-19)15-7-3-5-9-17(15)25)20(31)12-29-13-26-21-16-8-4-6-10-18(16)33-22(21)24(29)32/h3-10,13-14H,11-12H2,1-2H3. The maximum absolute atomic E-state index is 13.1. The Morgan fingerprint density at radius 1 is 1.09 bits per heavy atom. The lowest BCUT2D eigenvalue weighted by molar-refractivity contribution is -0.134. The van der Waals surface area contributed by atoms with E-state index in [4.69, 9.17) is 20.4 Å². The number of hydrogen-bond acceptors (Lipinski definition) is 7. The van der Waals surface area contributed by atoms with Gasteiger partial charge in [0.25, 0.3) is 5.56 Å². The van der Waals surface area contributed by atoms with E-state index >= 15 is 0 Å². The van der Waals surface area contributed by atoms with Crippen molar-refractivity contribution >= 4 is 39.6 Å². The van der Waals surface area contributed by atoms with Gasteiger partial charge in [-0.15, -0.1) is 10.2 Å². The topological polar surface area (TPSA) is 107 Å². The monoisotopic (exact) mass is 477 g/mol. The maximum Gasteiger partial charge on any atom is 0.297 e. The lowest BCUT2D eigenvalue weighted by Gasteiger charge is -2.25. The van der Waals surface area contributed by atoms with Gasteiger partial charge in [0.1, 0.15) is 17.6 Å². The van der Waals surface area contributed by atoms with Crippen molar-refractivity contribution < 1.29 is 13.6 Å². The van der Waals surface area contributed by atoms with Crippen LogP contribution in [-0.2, 0) is 17.9 Å². The highest BCUT2D eigenvalue weighted by atomic mass is 35.5. The summed E-state index contributed by atoms with van der Waals surface area (Å²) in [5.41, 5.74) is 1.36. The van der Waals surface area contributed by atoms with Gasteiger partial charge in [0.05, 0.1) is 23.5 Å². The minimum absolute atomic E-state index is 0.0863. The van der Waals surface area contributed by atoms with Crippen molar-refractivity contribution in [1.29, 1.82) is 0 Å². The predicted octanol–water partition coefficient (Wildman–Crippen LogP) is 4.28. The van der Waals surface area contributed by atoms with E-state index in [1.807, 2.05) is 44.2 Å². The molecule has 0 radical (unpaired) electrons. The number of nitrogens with zero attached hydrogens (tertiary/aromatic N) is 5. The molecule has 5 rings (SSSR count). The molecule has 9 nitrogen and oxygen atoms in total. The number of hydrogen-bond donors (Lipinski definition) is 0. The smallest absolute Gasteiger partial charge is 0.297 e. The Bertz CT molecular complexity index is 1570. The summed E-state index contributed by atoms with van der Waals surface area (Å²) in [6.45, 7) is 3.62. The van der Waals surface area contributed by atoms with Crippen molar-refractivity contribution in [2.45, 2.75) is 33.0 Å². The van der Waals surface area contributed by atoms with Gasteiger partial charge in [0.2, 0.25) is 23.3 Å². The Labute approximate surface area is 198 Å². The molecular weight excluding hydrogens is 458 g/mol. The first-order valence-corrected chi connectivity index (χ1v) is 11.0. The van der Waals surface area contributed by atoms with Crippen LogP contribution < -0.4 is 5.56 Å². The largest absolute Gasteiger partial charge is 0.448 e. The van der Waals surface area contributed by atoms with Gasteiger partial charge < -0.3 is 13.7 Å². The van der Waals surface area contributed by atoms with Crippen LogP contribution in [0.1, 0.15) is 19.7 Å². The molecule has 0 saturated heterocycles. The number of rotatable bonds is 6. The first kappa shape index (κ1) is 21.8. The molecule has 0 aliphatic carbocycles. The van der Waals surface area contributed by atoms with Crippen molar-refractivity contribution in [2.75, 3.05) is 0 Å². The molecule has 3 aromatic heterocycles. The zero-order valence-electron chi connectivity index (χ0n) is 18.4. The third kappa shape index (κ3) is 3.94. The number of carbonyl (C=O) groups excluding carboxylic acids is 1. The quantitative estimate of drug-likeness (QED) is 0.359. The highest BCUT2D eigenvalue weighted by molar-refractivity contribution is 6.33. The molecule has 1 amide bonds. The molecular formula is C24H20ClN5O4.